The van der Waals surface area contributed by atoms with E-state index < -0.39 is 30.0 Å². The summed E-state index contributed by atoms with van der Waals surface area (Å²) in [6, 6.07) is 5.91. The van der Waals surface area contributed by atoms with Crippen LogP contribution in [0.4, 0.5) is 15.8 Å². The molecule has 1 saturated carbocycles. The number of aliphatic hydroxyl groups is 2. The second-order valence-electron chi connectivity index (χ2n) is 6.78. The Morgan fingerprint density at radius 3 is 2.81 bits per heavy atom. The predicted octanol–water partition coefficient (Wildman–Crippen LogP) is 2.53. The van der Waals surface area contributed by atoms with E-state index in [9.17, 15) is 19.4 Å². The number of halogens is 1. The summed E-state index contributed by atoms with van der Waals surface area (Å²) in [5.41, 5.74) is 1.79. The summed E-state index contributed by atoms with van der Waals surface area (Å²) in [6.07, 6.45) is 3.64. The lowest BCUT2D eigenvalue weighted by Gasteiger charge is -2.32. The van der Waals surface area contributed by atoms with Gasteiger partial charge in [-0.15, -0.1) is 0 Å². The molecular formula is C20H24FN3O3. The maximum atomic E-state index is 14.3. The standard InChI is InChI=1S/C20H24FN3O3/c1-2-12-6-7-15(14(21)10-12)23-17-11-22-9-8-13(17)20(27)24-16-4-3-5-18(25)19(16)26/h6-11,16,18-19,23,25-26H,2-5H2,1H3,(H,24,27). The fourth-order valence-corrected chi connectivity index (χ4v) is 3.28. The van der Waals surface area contributed by atoms with Crippen molar-refractivity contribution in [2.24, 2.45) is 0 Å². The number of hydrogen-bond acceptors (Lipinski definition) is 5. The third kappa shape index (κ3) is 4.43. The van der Waals surface area contributed by atoms with Crippen LogP contribution in [0.2, 0.25) is 0 Å². The maximum absolute atomic E-state index is 14.3. The van der Waals surface area contributed by atoms with Gasteiger partial charge in [-0.3, -0.25) is 9.78 Å². The van der Waals surface area contributed by atoms with Crippen molar-refractivity contribution >= 4 is 17.3 Å². The molecule has 1 aliphatic carbocycles. The van der Waals surface area contributed by atoms with Crippen LogP contribution in [-0.2, 0) is 6.42 Å². The first-order chi connectivity index (χ1) is 13.0. The minimum atomic E-state index is -1.00. The lowest BCUT2D eigenvalue weighted by atomic mass is 9.90. The third-order valence-electron chi connectivity index (χ3n) is 4.91. The van der Waals surface area contributed by atoms with Crippen LogP contribution in [0.15, 0.2) is 36.7 Å². The summed E-state index contributed by atoms with van der Waals surface area (Å²) in [6.45, 7) is 1.95. The SMILES string of the molecule is CCc1ccc(Nc2cnccc2C(=O)NC2CCCC(O)C2O)c(F)c1. The van der Waals surface area contributed by atoms with E-state index in [1.54, 1.807) is 6.07 Å². The van der Waals surface area contributed by atoms with E-state index in [1.165, 1.54) is 24.5 Å². The minimum absolute atomic E-state index is 0.252. The van der Waals surface area contributed by atoms with Crippen LogP contribution in [0.25, 0.3) is 0 Å². The van der Waals surface area contributed by atoms with Crippen LogP contribution >= 0.6 is 0 Å². The van der Waals surface area contributed by atoms with E-state index in [-0.39, 0.29) is 11.3 Å². The molecule has 1 fully saturated rings. The number of rotatable bonds is 5. The molecule has 1 amide bonds. The Bertz CT molecular complexity index is 815. The van der Waals surface area contributed by atoms with Gasteiger partial charge >= 0.3 is 0 Å². The molecule has 1 heterocycles. The monoisotopic (exact) mass is 373 g/mol. The quantitative estimate of drug-likeness (QED) is 0.646. The van der Waals surface area contributed by atoms with Crippen molar-refractivity contribution in [3.05, 3.63) is 53.6 Å². The number of aromatic nitrogens is 1. The third-order valence-corrected chi connectivity index (χ3v) is 4.91. The number of pyridine rings is 1. The first kappa shape index (κ1) is 19.3. The number of carbonyl (C=O) groups is 1. The molecule has 0 aliphatic heterocycles. The summed E-state index contributed by atoms with van der Waals surface area (Å²) in [7, 11) is 0. The van der Waals surface area contributed by atoms with Gasteiger partial charge in [0.2, 0.25) is 0 Å². The number of benzene rings is 1. The van der Waals surface area contributed by atoms with Gasteiger partial charge in [0.15, 0.2) is 0 Å². The largest absolute Gasteiger partial charge is 0.390 e. The lowest BCUT2D eigenvalue weighted by molar-refractivity contribution is -0.0277. The fraction of sp³-hybridized carbons (Fsp3) is 0.400. The van der Waals surface area contributed by atoms with Gasteiger partial charge in [-0.2, -0.15) is 0 Å². The molecule has 0 spiro atoms. The van der Waals surface area contributed by atoms with E-state index in [4.69, 9.17) is 0 Å². The molecule has 3 unspecified atom stereocenters. The summed E-state index contributed by atoms with van der Waals surface area (Å²) in [5, 5.41) is 25.6. The van der Waals surface area contributed by atoms with Crippen molar-refractivity contribution in [3.63, 3.8) is 0 Å². The average Bonchev–Trinajstić information content (AvgIpc) is 2.67. The Balaban J connectivity index is 1.78. The Morgan fingerprint density at radius 1 is 1.26 bits per heavy atom. The number of hydrogen-bond donors (Lipinski definition) is 4. The average molecular weight is 373 g/mol. The molecule has 1 aromatic heterocycles. The molecule has 0 radical (unpaired) electrons. The highest BCUT2D eigenvalue weighted by atomic mass is 19.1. The first-order valence-electron chi connectivity index (χ1n) is 9.16. The number of amides is 1. The summed E-state index contributed by atoms with van der Waals surface area (Å²) < 4.78 is 14.3. The Kier molecular flexibility index (Phi) is 6.03. The van der Waals surface area contributed by atoms with Crippen molar-refractivity contribution in [2.75, 3.05) is 5.32 Å². The van der Waals surface area contributed by atoms with Crippen LogP contribution in [0.5, 0.6) is 0 Å². The van der Waals surface area contributed by atoms with Crippen LogP contribution in [0.1, 0.15) is 42.1 Å². The van der Waals surface area contributed by atoms with Crippen molar-refractivity contribution in [1.82, 2.24) is 10.3 Å². The molecular weight excluding hydrogens is 349 g/mol. The van der Waals surface area contributed by atoms with E-state index >= 15 is 0 Å². The van der Waals surface area contributed by atoms with Crippen LogP contribution in [-0.4, -0.2) is 39.4 Å². The van der Waals surface area contributed by atoms with E-state index in [0.717, 1.165) is 18.4 Å². The topological polar surface area (TPSA) is 94.5 Å². The second-order valence-corrected chi connectivity index (χ2v) is 6.78. The molecule has 4 N–H and O–H groups in total. The molecule has 3 atom stereocenters. The van der Waals surface area contributed by atoms with E-state index in [0.29, 0.717) is 18.5 Å². The zero-order chi connectivity index (χ0) is 19.4. The minimum Gasteiger partial charge on any atom is -0.390 e. The molecule has 27 heavy (non-hydrogen) atoms. The predicted molar refractivity (Wildman–Crippen MR) is 100 cm³/mol. The number of aryl methyl sites for hydroxylation is 1. The summed E-state index contributed by atoms with van der Waals surface area (Å²) in [4.78, 5) is 16.7. The summed E-state index contributed by atoms with van der Waals surface area (Å²) in [5.74, 6) is -0.820. The zero-order valence-electron chi connectivity index (χ0n) is 15.2. The second kappa shape index (κ2) is 8.45. The number of nitrogens with zero attached hydrogens (tertiary/aromatic N) is 1. The molecule has 1 aliphatic rings. The van der Waals surface area contributed by atoms with E-state index in [2.05, 4.69) is 15.6 Å². The van der Waals surface area contributed by atoms with Crippen LogP contribution < -0.4 is 10.6 Å². The van der Waals surface area contributed by atoms with Crippen molar-refractivity contribution in [1.29, 1.82) is 0 Å². The van der Waals surface area contributed by atoms with Gasteiger partial charge in [-0.05, 0) is 49.4 Å². The van der Waals surface area contributed by atoms with Gasteiger partial charge < -0.3 is 20.8 Å². The highest BCUT2D eigenvalue weighted by Gasteiger charge is 2.32. The van der Waals surface area contributed by atoms with Crippen LogP contribution in [0.3, 0.4) is 0 Å². The fourth-order valence-electron chi connectivity index (χ4n) is 3.28. The van der Waals surface area contributed by atoms with Crippen LogP contribution in [0, 0.1) is 5.82 Å². The van der Waals surface area contributed by atoms with Gasteiger partial charge in [-0.25, -0.2) is 4.39 Å². The number of anilines is 2. The highest BCUT2D eigenvalue weighted by molar-refractivity contribution is 6.00. The van der Waals surface area contributed by atoms with Gasteiger partial charge in [0, 0.05) is 6.20 Å². The van der Waals surface area contributed by atoms with Crippen molar-refractivity contribution < 1.29 is 19.4 Å². The molecule has 6 nitrogen and oxygen atoms in total. The Morgan fingerprint density at radius 2 is 2.07 bits per heavy atom. The number of aliphatic hydroxyl groups excluding tert-OH is 2. The van der Waals surface area contributed by atoms with Crippen molar-refractivity contribution in [3.8, 4) is 0 Å². The van der Waals surface area contributed by atoms with Gasteiger partial charge in [0.05, 0.1) is 41.4 Å². The molecule has 0 bridgehead atoms. The molecule has 2 aromatic rings. The smallest absolute Gasteiger partial charge is 0.253 e. The van der Waals surface area contributed by atoms with E-state index in [1.807, 2.05) is 13.0 Å². The van der Waals surface area contributed by atoms with Gasteiger partial charge in [-0.1, -0.05) is 13.0 Å². The van der Waals surface area contributed by atoms with Gasteiger partial charge in [0.25, 0.3) is 5.91 Å². The molecule has 1 aromatic carbocycles. The molecule has 144 valence electrons. The normalized spacial score (nSPS) is 22.3. The number of nitrogens with one attached hydrogen (secondary N) is 2. The highest BCUT2D eigenvalue weighted by Crippen LogP contribution is 2.25. The Hall–Kier alpha value is -2.51. The lowest BCUT2D eigenvalue weighted by Crippen LogP contribution is -2.51. The van der Waals surface area contributed by atoms with Gasteiger partial charge in [0.1, 0.15) is 5.82 Å². The molecule has 7 heteroatoms. The summed E-state index contributed by atoms with van der Waals surface area (Å²) >= 11 is 0. The zero-order valence-corrected chi connectivity index (χ0v) is 15.2. The molecule has 0 saturated heterocycles. The first-order valence-corrected chi connectivity index (χ1v) is 9.16. The number of carbonyl (C=O) groups excluding carboxylic acids is 1. The van der Waals surface area contributed by atoms with Crippen molar-refractivity contribution in [2.45, 2.75) is 50.9 Å². The Labute approximate surface area is 157 Å². The maximum Gasteiger partial charge on any atom is 0.253 e. The molecule has 3 rings (SSSR count).